The van der Waals surface area contributed by atoms with Crippen LogP contribution in [0.4, 0.5) is 0 Å². The highest BCUT2D eigenvalue weighted by Crippen LogP contribution is 2.27. The SMILES string of the molecule is CN=C(NCCc1c(C)nn(C)c1C)N(C)CCc1ccc(OC)c(OC)c1. The van der Waals surface area contributed by atoms with Gasteiger partial charge in [-0.2, -0.15) is 5.10 Å². The number of aromatic nitrogens is 2. The molecule has 0 saturated heterocycles. The monoisotopic (exact) mass is 387 g/mol. The van der Waals surface area contributed by atoms with E-state index >= 15 is 0 Å². The average molecular weight is 388 g/mol. The highest BCUT2D eigenvalue weighted by Gasteiger charge is 2.11. The largest absolute Gasteiger partial charge is 0.493 e. The first-order valence-electron chi connectivity index (χ1n) is 9.53. The summed E-state index contributed by atoms with van der Waals surface area (Å²) in [5, 5.41) is 7.93. The van der Waals surface area contributed by atoms with E-state index in [9.17, 15) is 0 Å². The van der Waals surface area contributed by atoms with Crippen LogP contribution in [0.15, 0.2) is 23.2 Å². The molecule has 0 bridgehead atoms. The Morgan fingerprint density at radius 2 is 1.89 bits per heavy atom. The topological polar surface area (TPSA) is 63.9 Å². The van der Waals surface area contributed by atoms with Crippen molar-refractivity contribution in [2.45, 2.75) is 26.7 Å². The van der Waals surface area contributed by atoms with E-state index in [0.717, 1.165) is 49.1 Å². The standard InChI is InChI=1S/C21H33N5O2/c1-15-18(16(2)26(5)24-15)10-12-23-21(22-3)25(4)13-11-17-8-9-19(27-6)20(14-17)28-7/h8-9,14H,10-13H2,1-7H3,(H,22,23). The molecule has 0 aliphatic heterocycles. The van der Waals surface area contributed by atoms with E-state index in [4.69, 9.17) is 9.47 Å². The molecule has 1 aromatic carbocycles. The number of benzene rings is 1. The summed E-state index contributed by atoms with van der Waals surface area (Å²) in [6.45, 7) is 5.84. The predicted molar refractivity (Wildman–Crippen MR) is 114 cm³/mol. The van der Waals surface area contributed by atoms with Gasteiger partial charge in [0.1, 0.15) is 0 Å². The van der Waals surface area contributed by atoms with E-state index in [1.165, 1.54) is 16.8 Å². The van der Waals surface area contributed by atoms with Crippen molar-refractivity contribution < 1.29 is 9.47 Å². The van der Waals surface area contributed by atoms with Crippen LogP contribution in [0.2, 0.25) is 0 Å². The molecule has 7 nitrogen and oxygen atoms in total. The molecular formula is C21H33N5O2. The van der Waals surface area contributed by atoms with Gasteiger partial charge in [-0.15, -0.1) is 0 Å². The first-order valence-corrected chi connectivity index (χ1v) is 9.53. The van der Waals surface area contributed by atoms with Crippen molar-refractivity contribution in [2.24, 2.45) is 12.0 Å². The van der Waals surface area contributed by atoms with E-state index in [1.54, 1.807) is 14.2 Å². The van der Waals surface area contributed by atoms with Gasteiger partial charge in [0, 0.05) is 39.9 Å². The van der Waals surface area contributed by atoms with E-state index in [0.29, 0.717) is 0 Å². The zero-order chi connectivity index (χ0) is 20.7. The van der Waals surface area contributed by atoms with E-state index < -0.39 is 0 Å². The van der Waals surface area contributed by atoms with Gasteiger partial charge in [0.05, 0.1) is 19.9 Å². The molecule has 0 atom stereocenters. The van der Waals surface area contributed by atoms with Gasteiger partial charge in [0.25, 0.3) is 0 Å². The van der Waals surface area contributed by atoms with Crippen LogP contribution < -0.4 is 14.8 Å². The maximum atomic E-state index is 5.39. The number of methoxy groups -OCH3 is 2. The molecule has 1 aromatic heterocycles. The summed E-state index contributed by atoms with van der Waals surface area (Å²) in [6.07, 6.45) is 1.81. The molecule has 1 heterocycles. The Kier molecular flexibility index (Phi) is 7.72. The molecule has 154 valence electrons. The van der Waals surface area contributed by atoms with Crippen molar-refractivity contribution in [3.05, 3.63) is 40.7 Å². The molecule has 28 heavy (non-hydrogen) atoms. The number of hydrogen-bond donors (Lipinski definition) is 1. The number of ether oxygens (including phenoxy) is 2. The Bertz CT molecular complexity index is 813. The van der Waals surface area contributed by atoms with E-state index in [1.807, 2.05) is 30.9 Å². The minimum atomic E-state index is 0.748. The number of nitrogens with one attached hydrogen (secondary N) is 1. The fourth-order valence-electron chi connectivity index (χ4n) is 3.30. The second-order valence-corrected chi connectivity index (χ2v) is 6.86. The predicted octanol–water partition coefficient (Wildman–Crippen LogP) is 2.35. The third kappa shape index (κ3) is 5.18. The summed E-state index contributed by atoms with van der Waals surface area (Å²) in [5.74, 6) is 2.39. The Morgan fingerprint density at radius 3 is 2.46 bits per heavy atom. The van der Waals surface area contributed by atoms with Gasteiger partial charge >= 0.3 is 0 Å². The maximum absolute atomic E-state index is 5.39. The van der Waals surface area contributed by atoms with Crippen LogP contribution in [0.5, 0.6) is 11.5 Å². The zero-order valence-electron chi connectivity index (χ0n) is 18.2. The molecule has 7 heteroatoms. The van der Waals surface area contributed by atoms with Gasteiger partial charge in [-0.25, -0.2) is 0 Å². The van der Waals surface area contributed by atoms with Crippen molar-refractivity contribution in [3.63, 3.8) is 0 Å². The lowest BCUT2D eigenvalue weighted by Crippen LogP contribution is -2.40. The first-order chi connectivity index (χ1) is 13.4. The number of aryl methyl sites for hydroxylation is 2. The second kappa shape index (κ2) is 10.0. The molecule has 0 saturated carbocycles. The van der Waals surface area contributed by atoms with Crippen LogP contribution in [0.1, 0.15) is 22.5 Å². The Labute approximate surface area is 168 Å². The average Bonchev–Trinajstić information content (AvgIpc) is 2.94. The summed E-state index contributed by atoms with van der Waals surface area (Å²) in [4.78, 5) is 6.55. The minimum Gasteiger partial charge on any atom is -0.493 e. The lowest BCUT2D eigenvalue weighted by atomic mass is 10.1. The summed E-state index contributed by atoms with van der Waals surface area (Å²) in [7, 11) is 9.16. The van der Waals surface area contributed by atoms with Crippen LogP contribution in [0.3, 0.4) is 0 Å². The Balaban J connectivity index is 1.88. The first kappa shape index (κ1) is 21.6. The minimum absolute atomic E-state index is 0.748. The number of rotatable bonds is 8. The van der Waals surface area contributed by atoms with E-state index in [2.05, 4.69) is 47.3 Å². The smallest absolute Gasteiger partial charge is 0.193 e. The fraction of sp³-hybridized carbons (Fsp3) is 0.524. The summed E-state index contributed by atoms with van der Waals surface area (Å²) >= 11 is 0. The zero-order valence-corrected chi connectivity index (χ0v) is 18.2. The summed E-state index contributed by atoms with van der Waals surface area (Å²) in [6, 6.07) is 6.04. The Morgan fingerprint density at radius 1 is 1.18 bits per heavy atom. The number of aliphatic imine (C=N–C) groups is 1. The molecule has 0 aliphatic rings. The van der Waals surface area contributed by atoms with Gasteiger partial charge < -0.3 is 19.7 Å². The van der Waals surface area contributed by atoms with Crippen molar-refractivity contribution >= 4 is 5.96 Å². The normalized spacial score (nSPS) is 11.5. The second-order valence-electron chi connectivity index (χ2n) is 6.86. The van der Waals surface area contributed by atoms with Gasteiger partial charge in [0.15, 0.2) is 17.5 Å². The van der Waals surface area contributed by atoms with Gasteiger partial charge in [0.2, 0.25) is 0 Å². The number of nitrogens with zero attached hydrogens (tertiary/aromatic N) is 4. The van der Waals surface area contributed by atoms with Gasteiger partial charge in [-0.05, 0) is 49.9 Å². The van der Waals surface area contributed by atoms with Crippen molar-refractivity contribution in [1.29, 1.82) is 0 Å². The van der Waals surface area contributed by atoms with Crippen LogP contribution in [-0.2, 0) is 19.9 Å². The molecule has 2 rings (SSSR count). The van der Waals surface area contributed by atoms with Crippen molar-refractivity contribution in [2.75, 3.05) is 41.4 Å². The molecule has 0 fully saturated rings. The number of hydrogen-bond acceptors (Lipinski definition) is 4. The van der Waals surface area contributed by atoms with Crippen molar-refractivity contribution in [1.82, 2.24) is 20.0 Å². The van der Waals surface area contributed by atoms with Crippen LogP contribution >= 0.6 is 0 Å². The molecule has 1 N–H and O–H groups in total. The van der Waals surface area contributed by atoms with E-state index in [-0.39, 0.29) is 0 Å². The molecule has 0 radical (unpaired) electrons. The lowest BCUT2D eigenvalue weighted by molar-refractivity contribution is 0.354. The molecular weight excluding hydrogens is 354 g/mol. The van der Waals surface area contributed by atoms with Crippen LogP contribution in [-0.4, -0.2) is 62.0 Å². The van der Waals surface area contributed by atoms with Gasteiger partial charge in [-0.3, -0.25) is 9.67 Å². The molecule has 0 aliphatic carbocycles. The lowest BCUT2D eigenvalue weighted by Gasteiger charge is -2.22. The molecule has 2 aromatic rings. The van der Waals surface area contributed by atoms with Crippen LogP contribution in [0, 0.1) is 13.8 Å². The summed E-state index contributed by atoms with van der Waals surface area (Å²) < 4.78 is 12.6. The van der Waals surface area contributed by atoms with Crippen molar-refractivity contribution in [3.8, 4) is 11.5 Å². The fourth-order valence-corrected chi connectivity index (χ4v) is 3.30. The quantitative estimate of drug-likeness (QED) is 0.556. The Hall–Kier alpha value is -2.70. The van der Waals surface area contributed by atoms with Crippen LogP contribution in [0.25, 0.3) is 0 Å². The summed E-state index contributed by atoms with van der Waals surface area (Å²) in [5.41, 5.74) is 4.81. The number of likely N-dealkylation sites (N-methyl/N-ethyl adjacent to an activating group) is 1. The third-order valence-corrected chi connectivity index (χ3v) is 5.07. The molecule has 0 spiro atoms. The van der Waals surface area contributed by atoms with Gasteiger partial charge in [-0.1, -0.05) is 6.07 Å². The number of guanidine groups is 1. The highest BCUT2D eigenvalue weighted by molar-refractivity contribution is 5.79. The highest BCUT2D eigenvalue weighted by atomic mass is 16.5. The molecule has 0 unspecified atom stereocenters. The maximum Gasteiger partial charge on any atom is 0.193 e. The molecule has 0 amide bonds. The third-order valence-electron chi connectivity index (χ3n) is 5.07.